The Balaban J connectivity index is 2.43. The summed E-state index contributed by atoms with van der Waals surface area (Å²) in [6, 6.07) is 4.69. The van der Waals surface area contributed by atoms with Crippen LogP contribution in [-0.4, -0.2) is 11.1 Å². The van der Waals surface area contributed by atoms with E-state index in [0.717, 1.165) is 17.7 Å². The lowest BCUT2D eigenvalue weighted by Crippen LogP contribution is -2.25. The van der Waals surface area contributed by atoms with Crippen molar-refractivity contribution >= 4 is 0 Å². The van der Waals surface area contributed by atoms with Crippen LogP contribution in [0.1, 0.15) is 56.2 Å². The zero-order valence-electron chi connectivity index (χ0n) is 12.2. The number of nitrogens with one attached hydrogen (secondary N) is 1. The van der Waals surface area contributed by atoms with Crippen LogP contribution in [0, 0.1) is 13.8 Å². The molecule has 2 heteroatoms. The smallest absolute Gasteiger partial charge is 0.121 e. The van der Waals surface area contributed by atoms with Crippen LogP contribution in [0.5, 0.6) is 5.75 Å². The summed E-state index contributed by atoms with van der Waals surface area (Å²) >= 11 is 0. The van der Waals surface area contributed by atoms with E-state index in [9.17, 15) is 5.11 Å². The van der Waals surface area contributed by atoms with E-state index >= 15 is 0 Å². The molecule has 0 spiro atoms. The predicted molar refractivity (Wildman–Crippen MR) is 78.0 cm³/mol. The van der Waals surface area contributed by atoms with E-state index in [1.807, 2.05) is 13.8 Å². The molecule has 1 aromatic rings. The molecule has 0 aliphatic carbocycles. The van der Waals surface area contributed by atoms with Gasteiger partial charge in [-0.2, -0.15) is 0 Å². The second-order valence-electron chi connectivity index (χ2n) is 5.36. The normalized spacial score (nSPS) is 12.7. The number of benzene rings is 1. The zero-order chi connectivity index (χ0) is 13.5. The maximum absolute atomic E-state index is 9.73. The Kier molecular flexibility index (Phi) is 6.20. The fourth-order valence-electron chi connectivity index (χ4n) is 2.24. The van der Waals surface area contributed by atoms with Crippen LogP contribution in [0.2, 0.25) is 0 Å². The molecule has 0 saturated carbocycles. The lowest BCUT2D eigenvalue weighted by atomic mass is 10.0. The molecule has 2 N–H and O–H groups in total. The van der Waals surface area contributed by atoms with Crippen LogP contribution in [0.25, 0.3) is 0 Å². The maximum atomic E-state index is 9.73. The van der Waals surface area contributed by atoms with Crippen LogP contribution < -0.4 is 5.32 Å². The Bertz CT molecular complexity index is 350. The van der Waals surface area contributed by atoms with Gasteiger partial charge in [-0.1, -0.05) is 38.3 Å². The molecular formula is C16H27NO. The SMILES string of the molecule is CCCCCC(C)NCc1cc(C)c(O)c(C)c1. The van der Waals surface area contributed by atoms with Crippen LogP contribution in [0.4, 0.5) is 0 Å². The first-order valence-corrected chi connectivity index (χ1v) is 7.07. The number of phenolic OH excluding ortho intramolecular Hbond substituents is 1. The fraction of sp³-hybridized carbons (Fsp3) is 0.625. The minimum absolute atomic E-state index is 0.426. The van der Waals surface area contributed by atoms with E-state index in [1.54, 1.807) is 0 Å². The average Bonchev–Trinajstić information content (AvgIpc) is 2.33. The van der Waals surface area contributed by atoms with Crippen molar-refractivity contribution in [2.45, 2.75) is 66.0 Å². The van der Waals surface area contributed by atoms with Gasteiger partial charge in [0.2, 0.25) is 0 Å². The third kappa shape index (κ3) is 4.69. The van der Waals surface area contributed by atoms with E-state index < -0.39 is 0 Å². The molecule has 0 heterocycles. The number of aryl methyl sites for hydroxylation is 2. The van der Waals surface area contributed by atoms with E-state index in [2.05, 4.69) is 31.3 Å². The van der Waals surface area contributed by atoms with Gasteiger partial charge < -0.3 is 10.4 Å². The van der Waals surface area contributed by atoms with Crippen LogP contribution >= 0.6 is 0 Å². The highest BCUT2D eigenvalue weighted by Crippen LogP contribution is 2.22. The highest BCUT2D eigenvalue weighted by Gasteiger charge is 2.05. The summed E-state index contributed by atoms with van der Waals surface area (Å²) in [6.07, 6.45) is 5.15. The molecule has 1 aromatic carbocycles. The van der Waals surface area contributed by atoms with Crippen molar-refractivity contribution in [1.29, 1.82) is 0 Å². The van der Waals surface area contributed by atoms with Gasteiger partial charge in [-0.15, -0.1) is 0 Å². The van der Waals surface area contributed by atoms with Gasteiger partial charge in [0.25, 0.3) is 0 Å². The summed E-state index contributed by atoms with van der Waals surface area (Å²) in [5.41, 5.74) is 3.18. The molecule has 18 heavy (non-hydrogen) atoms. The molecule has 0 aliphatic heterocycles. The standard InChI is InChI=1S/C16H27NO/c1-5-6-7-8-14(4)17-11-15-9-12(2)16(18)13(3)10-15/h9-10,14,17-18H,5-8,11H2,1-4H3. The third-order valence-electron chi connectivity index (χ3n) is 3.45. The van der Waals surface area contributed by atoms with Gasteiger partial charge in [-0.25, -0.2) is 0 Å². The number of hydrogen-bond donors (Lipinski definition) is 2. The Hall–Kier alpha value is -1.02. The molecule has 1 rings (SSSR count). The lowest BCUT2D eigenvalue weighted by Gasteiger charge is -2.15. The monoisotopic (exact) mass is 249 g/mol. The number of aromatic hydroxyl groups is 1. The van der Waals surface area contributed by atoms with Gasteiger partial charge in [0.1, 0.15) is 5.75 Å². The largest absolute Gasteiger partial charge is 0.507 e. The van der Waals surface area contributed by atoms with Gasteiger partial charge in [0.05, 0.1) is 0 Å². The van der Waals surface area contributed by atoms with Crippen LogP contribution in [-0.2, 0) is 6.54 Å². The second-order valence-corrected chi connectivity index (χ2v) is 5.36. The Morgan fingerprint density at radius 1 is 1.17 bits per heavy atom. The van der Waals surface area contributed by atoms with Crippen molar-refractivity contribution in [3.8, 4) is 5.75 Å². The molecule has 0 saturated heterocycles. The molecule has 0 fully saturated rings. The quantitative estimate of drug-likeness (QED) is 0.714. The first-order chi connectivity index (χ1) is 8.54. The summed E-state index contributed by atoms with van der Waals surface area (Å²) in [5, 5.41) is 13.3. The molecule has 1 atom stereocenters. The van der Waals surface area contributed by atoms with Gasteiger partial charge in [0.15, 0.2) is 0 Å². The van der Waals surface area contributed by atoms with Gasteiger partial charge in [-0.3, -0.25) is 0 Å². The number of rotatable bonds is 7. The number of hydrogen-bond acceptors (Lipinski definition) is 2. The Morgan fingerprint density at radius 3 is 2.33 bits per heavy atom. The molecule has 1 unspecified atom stereocenters. The summed E-state index contributed by atoms with van der Waals surface area (Å²) in [5.74, 6) is 0.426. The van der Waals surface area contributed by atoms with E-state index in [-0.39, 0.29) is 0 Å². The van der Waals surface area contributed by atoms with Crippen molar-refractivity contribution in [2.24, 2.45) is 0 Å². The van der Waals surface area contributed by atoms with Crippen molar-refractivity contribution in [1.82, 2.24) is 5.32 Å². The van der Waals surface area contributed by atoms with Crippen molar-refractivity contribution < 1.29 is 5.11 Å². The molecule has 2 nitrogen and oxygen atoms in total. The summed E-state index contributed by atoms with van der Waals surface area (Å²) in [7, 11) is 0. The Labute approximate surface area is 111 Å². The minimum Gasteiger partial charge on any atom is -0.507 e. The van der Waals surface area contributed by atoms with Gasteiger partial charge in [-0.05, 0) is 43.9 Å². The Morgan fingerprint density at radius 2 is 1.78 bits per heavy atom. The maximum Gasteiger partial charge on any atom is 0.121 e. The zero-order valence-corrected chi connectivity index (χ0v) is 12.2. The lowest BCUT2D eigenvalue weighted by molar-refractivity contribution is 0.465. The van der Waals surface area contributed by atoms with Crippen LogP contribution in [0.3, 0.4) is 0 Å². The highest BCUT2D eigenvalue weighted by atomic mass is 16.3. The molecule has 102 valence electrons. The molecule has 0 aliphatic rings. The first-order valence-electron chi connectivity index (χ1n) is 7.07. The highest BCUT2D eigenvalue weighted by molar-refractivity contribution is 5.42. The van der Waals surface area contributed by atoms with E-state index in [1.165, 1.54) is 31.2 Å². The average molecular weight is 249 g/mol. The first kappa shape index (κ1) is 15.0. The number of unbranched alkanes of at least 4 members (excludes halogenated alkanes) is 2. The summed E-state index contributed by atoms with van der Waals surface area (Å²) in [6.45, 7) is 9.28. The van der Waals surface area contributed by atoms with E-state index in [0.29, 0.717) is 11.8 Å². The van der Waals surface area contributed by atoms with Crippen molar-refractivity contribution in [3.05, 3.63) is 28.8 Å². The van der Waals surface area contributed by atoms with Crippen molar-refractivity contribution in [3.63, 3.8) is 0 Å². The second kappa shape index (κ2) is 7.42. The van der Waals surface area contributed by atoms with Crippen LogP contribution in [0.15, 0.2) is 12.1 Å². The summed E-state index contributed by atoms with van der Waals surface area (Å²) in [4.78, 5) is 0. The predicted octanol–water partition coefficient (Wildman–Crippen LogP) is 4.07. The fourth-order valence-corrected chi connectivity index (χ4v) is 2.24. The molecule has 0 radical (unpaired) electrons. The molecule has 0 aromatic heterocycles. The van der Waals surface area contributed by atoms with Gasteiger partial charge in [0, 0.05) is 12.6 Å². The van der Waals surface area contributed by atoms with Crippen molar-refractivity contribution in [2.75, 3.05) is 0 Å². The topological polar surface area (TPSA) is 32.3 Å². The number of phenols is 1. The molecule has 0 bridgehead atoms. The van der Waals surface area contributed by atoms with E-state index in [4.69, 9.17) is 0 Å². The summed E-state index contributed by atoms with van der Waals surface area (Å²) < 4.78 is 0. The van der Waals surface area contributed by atoms with Gasteiger partial charge >= 0.3 is 0 Å². The molecular weight excluding hydrogens is 222 g/mol. The minimum atomic E-state index is 0.426. The molecule has 0 amide bonds. The third-order valence-corrected chi connectivity index (χ3v) is 3.45.